The Morgan fingerprint density at radius 2 is 1.29 bits per heavy atom. The van der Waals surface area contributed by atoms with Crippen molar-refractivity contribution in [2.45, 2.75) is 86.7 Å². The van der Waals surface area contributed by atoms with Crippen LogP contribution in [0.2, 0.25) is 0 Å². The molecule has 6 fully saturated rings. The van der Waals surface area contributed by atoms with Gasteiger partial charge in [-0.2, -0.15) is 0 Å². The molecule has 6 bridgehead atoms. The van der Waals surface area contributed by atoms with Crippen LogP contribution in [-0.4, -0.2) is 25.4 Å². The summed E-state index contributed by atoms with van der Waals surface area (Å²) in [5.74, 6) is 2.69. The number of fused-ring (bicyclic) bond motifs is 2. The van der Waals surface area contributed by atoms with Crippen LogP contribution in [0.15, 0.2) is 0 Å². The van der Waals surface area contributed by atoms with Crippen LogP contribution < -0.4 is 0 Å². The first-order chi connectivity index (χ1) is 10.1. The Morgan fingerprint density at radius 3 is 1.76 bits per heavy atom. The summed E-state index contributed by atoms with van der Waals surface area (Å²) in [6.07, 6.45) is 13.3. The molecule has 2 atom stereocenters. The molecule has 0 aromatic rings. The minimum atomic E-state index is -0.656. The van der Waals surface area contributed by atoms with Crippen molar-refractivity contribution in [2.75, 3.05) is 0 Å². The van der Waals surface area contributed by atoms with Crippen LogP contribution in [0.5, 0.6) is 0 Å². The van der Waals surface area contributed by atoms with Crippen molar-refractivity contribution in [1.29, 1.82) is 0 Å². The van der Waals surface area contributed by atoms with E-state index in [1.807, 2.05) is 0 Å². The van der Waals surface area contributed by atoms with Crippen molar-refractivity contribution in [3.8, 4) is 0 Å². The molecule has 0 aromatic heterocycles. The highest BCUT2D eigenvalue weighted by molar-refractivity contribution is 7.86. The molecule has 21 heavy (non-hydrogen) atoms. The quantitative estimate of drug-likeness (QED) is 0.806. The molecule has 6 aliphatic rings. The third-order valence-electron chi connectivity index (χ3n) is 7.87. The largest absolute Gasteiger partial charge is 0.389 e. The molecule has 4 aliphatic carbocycles. The van der Waals surface area contributed by atoms with Gasteiger partial charge in [-0.3, -0.25) is 4.21 Å². The van der Waals surface area contributed by atoms with Crippen LogP contribution in [0.4, 0.5) is 0 Å². The molecule has 4 saturated carbocycles. The lowest BCUT2D eigenvalue weighted by Gasteiger charge is -2.64. The summed E-state index contributed by atoms with van der Waals surface area (Å²) in [7, 11) is -0.656. The molecular weight excluding hydrogens is 280 g/mol. The molecule has 2 saturated heterocycles. The van der Waals surface area contributed by atoms with Crippen LogP contribution in [0.1, 0.15) is 70.6 Å². The zero-order valence-corrected chi connectivity index (χ0v) is 13.7. The molecule has 0 spiro atoms. The third-order valence-corrected chi connectivity index (χ3v) is 9.98. The Morgan fingerprint density at radius 1 is 0.810 bits per heavy atom. The zero-order chi connectivity index (χ0) is 14.2. The third kappa shape index (κ3) is 1.83. The van der Waals surface area contributed by atoms with Gasteiger partial charge in [-0.05, 0) is 87.4 Å². The van der Waals surface area contributed by atoms with E-state index in [1.165, 1.54) is 44.9 Å². The van der Waals surface area contributed by atoms with Crippen LogP contribution in [0, 0.1) is 23.2 Å². The van der Waals surface area contributed by atoms with Gasteiger partial charge in [-0.15, -0.1) is 0 Å². The summed E-state index contributed by atoms with van der Waals surface area (Å²) in [5.41, 5.74) is -0.271. The maximum atomic E-state index is 12.5. The lowest BCUT2D eigenvalue weighted by Crippen LogP contribution is -2.63. The molecule has 0 amide bonds. The van der Waals surface area contributed by atoms with Crippen molar-refractivity contribution in [3.63, 3.8) is 0 Å². The molecule has 118 valence electrons. The molecule has 3 heteroatoms. The van der Waals surface area contributed by atoms with E-state index in [9.17, 15) is 9.32 Å². The number of aliphatic hydroxyl groups is 1. The van der Waals surface area contributed by atoms with Gasteiger partial charge in [-0.25, -0.2) is 0 Å². The number of hydrogen-bond donors (Lipinski definition) is 1. The summed E-state index contributed by atoms with van der Waals surface area (Å²) in [4.78, 5) is 0. The minimum Gasteiger partial charge on any atom is -0.389 e. The normalized spacial score (nSPS) is 62.0. The fourth-order valence-corrected chi connectivity index (χ4v) is 9.62. The molecule has 2 heterocycles. The first kappa shape index (κ1) is 13.5. The maximum absolute atomic E-state index is 12.5. The van der Waals surface area contributed by atoms with Gasteiger partial charge in [0.25, 0.3) is 0 Å². The average Bonchev–Trinajstić information content (AvgIpc) is 2.39. The summed E-state index contributed by atoms with van der Waals surface area (Å²) >= 11 is 0. The second-order valence-electron chi connectivity index (χ2n) is 9.14. The Labute approximate surface area is 130 Å². The van der Waals surface area contributed by atoms with E-state index in [2.05, 4.69) is 0 Å². The van der Waals surface area contributed by atoms with Crippen LogP contribution in [-0.2, 0) is 10.8 Å². The maximum Gasteiger partial charge on any atom is 0.0726 e. The monoisotopic (exact) mass is 308 g/mol. The van der Waals surface area contributed by atoms with E-state index in [0.29, 0.717) is 10.5 Å². The fraction of sp³-hybridized carbons (Fsp3) is 1.00. The molecule has 2 aliphatic heterocycles. The van der Waals surface area contributed by atoms with Gasteiger partial charge >= 0.3 is 0 Å². The summed E-state index contributed by atoms with van der Waals surface area (Å²) in [6, 6.07) is 0. The van der Waals surface area contributed by atoms with E-state index in [1.54, 1.807) is 0 Å². The Hall–Kier alpha value is 0.110. The fourth-order valence-electron chi connectivity index (χ4n) is 7.40. The molecule has 1 N–H and O–H groups in total. The van der Waals surface area contributed by atoms with E-state index in [0.717, 1.165) is 43.4 Å². The highest BCUT2D eigenvalue weighted by atomic mass is 32.2. The Balaban J connectivity index is 1.50. The second-order valence-corrected chi connectivity index (χ2v) is 11.1. The van der Waals surface area contributed by atoms with E-state index < -0.39 is 16.4 Å². The Bertz CT molecular complexity index is 434. The number of rotatable bonds is 1. The molecule has 0 radical (unpaired) electrons. The van der Waals surface area contributed by atoms with Gasteiger partial charge in [0.2, 0.25) is 0 Å². The van der Waals surface area contributed by atoms with E-state index in [-0.39, 0.29) is 5.41 Å². The van der Waals surface area contributed by atoms with Gasteiger partial charge in [0.05, 0.1) is 5.60 Å². The SMILES string of the molecule is O=S1C2CCCC1CC(O)(C13CC4CC(CC(C4)C1)C3)C2. The van der Waals surface area contributed by atoms with Crippen molar-refractivity contribution in [3.05, 3.63) is 0 Å². The lowest BCUT2D eigenvalue weighted by atomic mass is 9.44. The smallest absolute Gasteiger partial charge is 0.0726 e. The predicted molar refractivity (Wildman–Crippen MR) is 84.4 cm³/mol. The molecule has 2 unspecified atom stereocenters. The van der Waals surface area contributed by atoms with Crippen LogP contribution in [0.25, 0.3) is 0 Å². The van der Waals surface area contributed by atoms with Gasteiger partial charge in [0.1, 0.15) is 0 Å². The van der Waals surface area contributed by atoms with Gasteiger partial charge in [-0.1, -0.05) is 6.42 Å². The highest BCUT2D eigenvalue weighted by Crippen LogP contribution is 2.66. The first-order valence-corrected chi connectivity index (χ1v) is 10.5. The lowest BCUT2D eigenvalue weighted by molar-refractivity contribution is -0.188. The van der Waals surface area contributed by atoms with Gasteiger partial charge in [0, 0.05) is 21.3 Å². The molecule has 0 aromatic carbocycles. The summed E-state index contributed by atoms with van der Waals surface area (Å²) in [5, 5.41) is 12.3. The summed E-state index contributed by atoms with van der Waals surface area (Å²) < 4.78 is 12.5. The highest BCUT2D eigenvalue weighted by Gasteiger charge is 2.62. The second kappa shape index (κ2) is 4.35. The standard InChI is InChI=1S/C18H28O2S/c19-18(10-15-2-1-3-16(11-18)21(15)20)17-7-12-4-13(8-17)6-14(5-12)9-17/h12-16,19H,1-11H2. The topological polar surface area (TPSA) is 37.3 Å². The number of hydrogen-bond acceptors (Lipinski definition) is 2. The van der Waals surface area contributed by atoms with Crippen LogP contribution >= 0.6 is 0 Å². The van der Waals surface area contributed by atoms with Crippen molar-refractivity contribution < 1.29 is 9.32 Å². The van der Waals surface area contributed by atoms with E-state index in [4.69, 9.17) is 0 Å². The van der Waals surface area contributed by atoms with Crippen molar-refractivity contribution in [2.24, 2.45) is 23.2 Å². The Kier molecular flexibility index (Phi) is 2.80. The van der Waals surface area contributed by atoms with Gasteiger partial charge in [0.15, 0.2) is 0 Å². The molecule has 2 nitrogen and oxygen atoms in total. The first-order valence-electron chi connectivity index (χ1n) is 9.19. The zero-order valence-electron chi connectivity index (χ0n) is 12.9. The van der Waals surface area contributed by atoms with Crippen LogP contribution in [0.3, 0.4) is 0 Å². The van der Waals surface area contributed by atoms with Gasteiger partial charge < -0.3 is 5.11 Å². The minimum absolute atomic E-state index is 0.209. The summed E-state index contributed by atoms with van der Waals surface area (Å²) in [6.45, 7) is 0. The average molecular weight is 308 g/mol. The van der Waals surface area contributed by atoms with Crippen molar-refractivity contribution in [1.82, 2.24) is 0 Å². The van der Waals surface area contributed by atoms with E-state index >= 15 is 0 Å². The van der Waals surface area contributed by atoms with Crippen molar-refractivity contribution >= 4 is 10.8 Å². The predicted octanol–water partition coefficient (Wildman–Crippen LogP) is 3.40. The molecule has 6 rings (SSSR count). The molecular formula is C18H28O2S.